The molecule has 122 valence electrons. The Kier molecular flexibility index (Phi) is 4.74. The number of hydrogen-bond donors (Lipinski definition) is 0. The largest absolute Gasteiger partial charge is 0.343 e. The van der Waals surface area contributed by atoms with E-state index < -0.39 is 0 Å². The summed E-state index contributed by atoms with van der Waals surface area (Å²) in [5.74, 6) is 0.738. The maximum absolute atomic E-state index is 11.4. The van der Waals surface area contributed by atoms with E-state index >= 15 is 0 Å². The highest BCUT2D eigenvalue weighted by Gasteiger charge is 2.24. The van der Waals surface area contributed by atoms with Crippen LogP contribution in [0.5, 0.6) is 0 Å². The molecule has 2 aromatic heterocycles. The maximum Gasteiger partial charge on any atom is 0.219 e. The first-order valence-electron chi connectivity index (χ1n) is 8.40. The number of nitrogens with zero attached hydrogens (tertiary/aromatic N) is 4. The van der Waals surface area contributed by atoms with Gasteiger partial charge in [-0.1, -0.05) is 13.0 Å². The van der Waals surface area contributed by atoms with Gasteiger partial charge in [-0.05, 0) is 42.9 Å². The molecule has 1 fully saturated rings. The molecule has 1 unspecified atom stereocenters. The fourth-order valence-electron chi connectivity index (χ4n) is 3.26. The van der Waals surface area contributed by atoms with E-state index in [2.05, 4.69) is 29.1 Å². The van der Waals surface area contributed by atoms with E-state index in [1.807, 2.05) is 28.0 Å². The fraction of sp³-hybridized carbons (Fsp3) is 0.500. The van der Waals surface area contributed by atoms with Gasteiger partial charge < -0.3 is 4.90 Å². The predicted molar refractivity (Wildman–Crippen MR) is 89.8 cm³/mol. The summed E-state index contributed by atoms with van der Waals surface area (Å²) in [7, 11) is 0. The predicted octanol–water partition coefficient (Wildman–Crippen LogP) is 2.77. The van der Waals surface area contributed by atoms with Gasteiger partial charge in [0.1, 0.15) is 0 Å². The number of carbonyl (C=O) groups is 1. The van der Waals surface area contributed by atoms with Crippen molar-refractivity contribution in [3.63, 3.8) is 0 Å². The van der Waals surface area contributed by atoms with Crippen molar-refractivity contribution in [1.82, 2.24) is 19.7 Å². The number of aromatic nitrogens is 3. The number of likely N-dealkylation sites (tertiary alicyclic amines) is 1. The summed E-state index contributed by atoms with van der Waals surface area (Å²) in [5.41, 5.74) is 3.28. The topological polar surface area (TPSA) is 51.0 Å². The molecule has 3 rings (SSSR count). The molecule has 1 aliphatic rings. The lowest BCUT2D eigenvalue weighted by molar-refractivity contribution is -0.127. The second-order valence-electron chi connectivity index (χ2n) is 6.32. The Morgan fingerprint density at radius 2 is 2.22 bits per heavy atom. The second kappa shape index (κ2) is 6.94. The lowest BCUT2D eigenvalue weighted by atomic mass is 9.99. The first-order chi connectivity index (χ1) is 11.2. The van der Waals surface area contributed by atoms with Crippen LogP contribution in [0.2, 0.25) is 0 Å². The molecule has 1 aliphatic heterocycles. The molecule has 5 heteroatoms. The number of amides is 1. The van der Waals surface area contributed by atoms with Crippen LogP contribution in [0, 0.1) is 5.92 Å². The molecule has 3 heterocycles. The SMILES string of the molecule is CCCn1nccc1-c1ccc(CC2CCN(C(C)=O)C2)cn1. The van der Waals surface area contributed by atoms with Crippen LogP contribution in [0.15, 0.2) is 30.6 Å². The Morgan fingerprint density at radius 3 is 2.87 bits per heavy atom. The van der Waals surface area contributed by atoms with Gasteiger partial charge in [0.25, 0.3) is 0 Å². The van der Waals surface area contributed by atoms with Crippen molar-refractivity contribution in [2.45, 2.75) is 39.7 Å². The molecule has 1 atom stereocenters. The first-order valence-corrected chi connectivity index (χ1v) is 8.40. The van der Waals surface area contributed by atoms with Crippen LogP contribution in [-0.4, -0.2) is 38.7 Å². The molecule has 0 aromatic carbocycles. The lowest BCUT2D eigenvalue weighted by Gasteiger charge is -2.14. The zero-order valence-corrected chi connectivity index (χ0v) is 13.9. The van der Waals surface area contributed by atoms with Crippen molar-refractivity contribution in [3.8, 4) is 11.4 Å². The minimum Gasteiger partial charge on any atom is -0.343 e. The van der Waals surface area contributed by atoms with Crippen molar-refractivity contribution in [2.24, 2.45) is 5.92 Å². The molecule has 0 aliphatic carbocycles. The molecule has 23 heavy (non-hydrogen) atoms. The number of carbonyl (C=O) groups excluding carboxylic acids is 1. The summed E-state index contributed by atoms with van der Waals surface area (Å²) in [6, 6.07) is 6.25. The van der Waals surface area contributed by atoms with Gasteiger partial charge in [-0.25, -0.2) is 0 Å². The van der Waals surface area contributed by atoms with E-state index in [1.54, 1.807) is 6.92 Å². The maximum atomic E-state index is 11.4. The Bertz CT molecular complexity index is 662. The average Bonchev–Trinajstić information content (AvgIpc) is 3.18. The minimum atomic E-state index is 0.185. The number of hydrogen-bond acceptors (Lipinski definition) is 3. The van der Waals surface area contributed by atoms with Gasteiger partial charge in [-0.3, -0.25) is 14.5 Å². The molecular weight excluding hydrogens is 288 g/mol. The van der Waals surface area contributed by atoms with Crippen molar-refractivity contribution < 1.29 is 4.79 Å². The third kappa shape index (κ3) is 3.60. The summed E-state index contributed by atoms with van der Waals surface area (Å²) in [6.45, 7) is 6.48. The fourth-order valence-corrected chi connectivity index (χ4v) is 3.26. The molecule has 0 saturated carbocycles. The molecule has 2 aromatic rings. The van der Waals surface area contributed by atoms with Gasteiger partial charge in [0.15, 0.2) is 0 Å². The van der Waals surface area contributed by atoms with Gasteiger partial charge >= 0.3 is 0 Å². The normalized spacial score (nSPS) is 17.7. The van der Waals surface area contributed by atoms with Gasteiger partial charge in [-0.15, -0.1) is 0 Å². The van der Waals surface area contributed by atoms with E-state index in [0.717, 1.165) is 50.3 Å². The number of pyridine rings is 1. The van der Waals surface area contributed by atoms with Gasteiger partial charge in [-0.2, -0.15) is 5.10 Å². The van der Waals surface area contributed by atoms with Crippen molar-refractivity contribution >= 4 is 5.91 Å². The smallest absolute Gasteiger partial charge is 0.219 e. The third-order valence-electron chi connectivity index (χ3n) is 4.49. The van der Waals surface area contributed by atoms with Crippen LogP contribution < -0.4 is 0 Å². The highest BCUT2D eigenvalue weighted by atomic mass is 16.2. The molecule has 0 spiro atoms. The summed E-state index contributed by atoms with van der Waals surface area (Å²) < 4.78 is 2.00. The van der Waals surface area contributed by atoms with E-state index in [1.165, 1.54) is 5.56 Å². The Morgan fingerprint density at radius 1 is 1.35 bits per heavy atom. The van der Waals surface area contributed by atoms with Crippen LogP contribution in [0.3, 0.4) is 0 Å². The first kappa shape index (κ1) is 15.7. The van der Waals surface area contributed by atoms with E-state index in [9.17, 15) is 4.79 Å². The van der Waals surface area contributed by atoms with Crippen LogP contribution in [0.1, 0.15) is 32.3 Å². The summed E-state index contributed by atoms with van der Waals surface area (Å²) in [6.07, 6.45) is 6.93. The summed E-state index contributed by atoms with van der Waals surface area (Å²) in [5, 5.41) is 4.35. The van der Waals surface area contributed by atoms with Crippen LogP contribution in [-0.2, 0) is 17.8 Å². The van der Waals surface area contributed by atoms with Crippen molar-refractivity contribution in [1.29, 1.82) is 0 Å². The minimum absolute atomic E-state index is 0.185. The molecular formula is C18H24N4O. The number of rotatable bonds is 5. The second-order valence-corrected chi connectivity index (χ2v) is 6.32. The quantitative estimate of drug-likeness (QED) is 0.853. The van der Waals surface area contributed by atoms with E-state index in [-0.39, 0.29) is 5.91 Å². The van der Waals surface area contributed by atoms with Crippen molar-refractivity contribution in [3.05, 3.63) is 36.2 Å². The number of aryl methyl sites for hydroxylation is 1. The van der Waals surface area contributed by atoms with E-state index in [4.69, 9.17) is 0 Å². The lowest BCUT2D eigenvalue weighted by Crippen LogP contribution is -2.26. The van der Waals surface area contributed by atoms with Crippen LogP contribution in [0.4, 0.5) is 0 Å². The standard InChI is InChI=1S/C18H24N4O/c1-3-9-22-18(6-8-20-22)17-5-4-15(12-19-17)11-16-7-10-21(13-16)14(2)23/h4-6,8,12,16H,3,7,9-11,13H2,1-2H3. The zero-order chi connectivity index (χ0) is 16.2. The van der Waals surface area contributed by atoms with Gasteiger partial charge in [0, 0.05) is 39.0 Å². The van der Waals surface area contributed by atoms with Crippen LogP contribution in [0.25, 0.3) is 11.4 Å². The summed E-state index contributed by atoms with van der Waals surface area (Å²) in [4.78, 5) is 18.0. The third-order valence-corrected chi connectivity index (χ3v) is 4.49. The molecule has 0 N–H and O–H groups in total. The molecule has 0 bridgehead atoms. The van der Waals surface area contributed by atoms with Gasteiger partial charge in [0.05, 0.1) is 11.4 Å². The Balaban J connectivity index is 1.66. The summed E-state index contributed by atoms with van der Waals surface area (Å²) >= 11 is 0. The van der Waals surface area contributed by atoms with E-state index in [0.29, 0.717) is 5.92 Å². The molecule has 5 nitrogen and oxygen atoms in total. The highest BCUT2D eigenvalue weighted by molar-refractivity contribution is 5.73. The zero-order valence-electron chi connectivity index (χ0n) is 13.9. The highest BCUT2D eigenvalue weighted by Crippen LogP contribution is 2.22. The van der Waals surface area contributed by atoms with Crippen LogP contribution >= 0.6 is 0 Å². The molecule has 1 saturated heterocycles. The van der Waals surface area contributed by atoms with Crippen molar-refractivity contribution in [2.75, 3.05) is 13.1 Å². The Labute approximate surface area is 137 Å². The Hall–Kier alpha value is -2.17. The molecule has 0 radical (unpaired) electrons. The average molecular weight is 312 g/mol. The monoisotopic (exact) mass is 312 g/mol. The molecule has 1 amide bonds. The van der Waals surface area contributed by atoms with Gasteiger partial charge in [0.2, 0.25) is 5.91 Å².